The molecule has 1 aromatic carbocycles. The third kappa shape index (κ3) is 3.73. The van der Waals surface area contributed by atoms with Gasteiger partial charge in [0.15, 0.2) is 6.10 Å². The van der Waals surface area contributed by atoms with Gasteiger partial charge in [0, 0.05) is 19.1 Å². The van der Waals surface area contributed by atoms with E-state index in [1.807, 2.05) is 43.1 Å². The number of halogens is 1. The van der Waals surface area contributed by atoms with Crippen molar-refractivity contribution in [3.8, 4) is 5.75 Å². The van der Waals surface area contributed by atoms with Gasteiger partial charge in [0.2, 0.25) is 0 Å². The Bertz CT molecular complexity index is 467. The predicted molar refractivity (Wildman–Crippen MR) is 82.9 cm³/mol. The van der Waals surface area contributed by atoms with Crippen LogP contribution in [-0.2, 0) is 4.79 Å². The van der Waals surface area contributed by atoms with E-state index >= 15 is 0 Å². The highest BCUT2D eigenvalue weighted by atomic mass is 79.9. The third-order valence-corrected chi connectivity index (χ3v) is 4.28. The zero-order valence-electron chi connectivity index (χ0n) is 11.9. The Morgan fingerprint density at radius 1 is 1.50 bits per heavy atom. The van der Waals surface area contributed by atoms with E-state index in [4.69, 9.17) is 4.74 Å². The van der Waals surface area contributed by atoms with Crippen molar-refractivity contribution in [1.29, 1.82) is 0 Å². The minimum Gasteiger partial charge on any atom is -0.480 e. The molecule has 0 radical (unpaired) electrons. The number of nitrogens with one attached hydrogen (secondary N) is 1. The van der Waals surface area contributed by atoms with Crippen molar-refractivity contribution < 1.29 is 9.53 Å². The van der Waals surface area contributed by atoms with Gasteiger partial charge in [-0.05, 0) is 54.9 Å². The van der Waals surface area contributed by atoms with E-state index in [2.05, 4.69) is 21.2 Å². The molecule has 1 aliphatic heterocycles. The molecular formula is C15H21BrN2O2. The van der Waals surface area contributed by atoms with Crippen LogP contribution in [-0.4, -0.2) is 43.1 Å². The molecule has 5 heteroatoms. The number of benzene rings is 1. The lowest BCUT2D eigenvalue weighted by Gasteiger charge is -2.34. The minimum atomic E-state index is -0.468. The Hall–Kier alpha value is -1.07. The van der Waals surface area contributed by atoms with Crippen molar-refractivity contribution >= 4 is 21.8 Å². The highest BCUT2D eigenvalue weighted by Gasteiger charge is 2.27. The van der Waals surface area contributed by atoms with Crippen LogP contribution in [0.25, 0.3) is 0 Å². The predicted octanol–water partition coefficient (Wildman–Crippen LogP) is 2.43. The fourth-order valence-electron chi connectivity index (χ4n) is 2.45. The van der Waals surface area contributed by atoms with Gasteiger partial charge in [0.25, 0.3) is 5.91 Å². The molecule has 1 aromatic rings. The quantitative estimate of drug-likeness (QED) is 0.915. The summed E-state index contributed by atoms with van der Waals surface area (Å²) in [6.07, 6.45) is 1.70. The smallest absolute Gasteiger partial charge is 0.263 e. The minimum absolute atomic E-state index is 0.0562. The molecule has 2 atom stereocenters. The molecule has 1 amide bonds. The number of nitrogens with zero attached hydrogens (tertiary/aromatic N) is 1. The number of hydrogen-bond acceptors (Lipinski definition) is 3. The van der Waals surface area contributed by atoms with Gasteiger partial charge in [0.05, 0.1) is 4.47 Å². The van der Waals surface area contributed by atoms with E-state index in [0.29, 0.717) is 11.8 Å². The SMILES string of the molecule is CNC1CCCN(C(=O)C(C)Oc2ccccc2Br)C1. The average Bonchev–Trinajstić information content (AvgIpc) is 2.48. The first-order valence-corrected chi connectivity index (χ1v) is 7.78. The van der Waals surface area contributed by atoms with Gasteiger partial charge in [-0.2, -0.15) is 0 Å². The lowest BCUT2D eigenvalue weighted by molar-refractivity contribution is -0.139. The van der Waals surface area contributed by atoms with Crippen LogP contribution in [0, 0.1) is 0 Å². The topological polar surface area (TPSA) is 41.6 Å². The van der Waals surface area contributed by atoms with E-state index < -0.39 is 6.10 Å². The first kappa shape index (κ1) is 15.3. The van der Waals surface area contributed by atoms with Crippen LogP contribution >= 0.6 is 15.9 Å². The highest BCUT2D eigenvalue weighted by molar-refractivity contribution is 9.10. The second kappa shape index (κ2) is 7.09. The summed E-state index contributed by atoms with van der Waals surface area (Å²) < 4.78 is 6.64. The second-order valence-electron chi connectivity index (χ2n) is 5.10. The summed E-state index contributed by atoms with van der Waals surface area (Å²) >= 11 is 3.43. The van der Waals surface area contributed by atoms with Crippen molar-refractivity contribution in [2.75, 3.05) is 20.1 Å². The van der Waals surface area contributed by atoms with Gasteiger partial charge in [-0.1, -0.05) is 12.1 Å². The standard InChI is InChI=1S/C15H21BrN2O2/c1-11(20-14-8-4-3-7-13(14)16)15(19)18-9-5-6-12(10-18)17-2/h3-4,7-8,11-12,17H,5-6,9-10H2,1-2H3. The zero-order valence-corrected chi connectivity index (χ0v) is 13.5. The summed E-state index contributed by atoms with van der Waals surface area (Å²) in [6.45, 7) is 3.39. The molecule has 0 spiro atoms. The van der Waals surface area contributed by atoms with Crippen molar-refractivity contribution in [3.05, 3.63) is 28.7 Å². The second-order valence-corrected chi connectivity index (χ2v) is 5.96. The van der Waals surface area contributed by atoms with Gasteiger partial charge in [-0.25, -0.2) is 0 Å². The lowest BCUT2D eigenvalue weighted by Crippen LogP contribution is -2.50. The molecule has 1 N–H and O–H groups in total. The van der Waals surface area contributed by atoms with Gasteiger partial charge in [-0.15, -0.1) is 0 Å². The molecular weight excluding hydrogens is 320 g/mol. The molecule has 0 bridgehead atoms. The maximum Gasteiger partial charge on any atom is 0.263 e. The molecule has 0 saturated carbocycles. The number of piperidine rings is 1. The number of carbonyl (C=O) groups is 1. The van der Waals surface area contributed by atoms with Gasteiger partial charge in [-0.3, -0.25) is 4.79 Å². The van der Waals surface area contributed by atoms with Crippen molar-refractivity contribution in [3.63, 3.8) is 0 Å². The summed E-state index contributed by atoms with van der Waals surface area (Å²) in [5, 5.41) is 3.24. The number of amides is 1. The number of rotatable bonds is 4. The van der Waals surface area contributed by atoms with Crippen LogP contribution < -0.4 is 10.1 Å². The van der Waals surface area contributed by atoms with E-state index in [1.54, 1.807) is 0 Å². The Morgan fingerprint density at radius 2 is 2.25 bits per heavy atom. The monoisotopic (exact) mass is 340 g/mol. The van der Waals surface area contributed by atoms with Crippen LogP contribution in [0.4, 0.5) is 0 Å². The van der Waals surface area contributed by atoms with Crippen molar-refractivity contribution in [2.45, 2.75) is 31.9 Å². The number of ether oxygens (including phenoxy) is 1. The molecule has 0 aromatic heterocycles. The summed E-state index contributed by atoms with van der Waals surface area (Å²) in [5.74, 6) is 0.760. The molecule has 1 saturated heterocycles. The van der Waals surface area contributed by atoms with Gasteiger partial charge in [0.1, 0.15) is 5.75 Å². The number of para-hydroxylation sites is 1. The van der Waals surface area contributed by atoms with Gasteiger partial charge < -0.3 is 15.0 Å². The fraction of sp³-hybridized carbons (Fsp3) is 0.533. The van der Waals surface area contributed by atoms with E-state index in [-0.39, 0.29) is 5.91 Å². The van der Waals surface area contributed by atoms with E-state index in [9.17, 15) is 4.79 Å². The zero-order chi connectivity index (χ0) is 14.5. The maximum atomic E-state index is 12.4. The molecule has 2 unspecified atom stereocenters. The molecule has 4 nitrogen and oxygen atoms in total. The van der Waals surface area contributed by atoms with E-state index in [0.717, 1.165) is 30.4 Å². The Labute approximate surface area is 128 Å². The molecule has 1 aliphatic rings. The maximum absolute atomic E-state index is 12.4. The van der Waals surface area contributed by atoms with Crippen LogP contribution in [0.2, 0.25) is 0 Å². The highest BCUT2D eigenvalue weighted by Crippen LogP contribution is 2.25. The summed E-state index contributed by atoms with van der Waals surface area (Å²) in [7, 11) is 1.94. The molecule has 0 aliphatic carbocycles. The number of likely N-dealkylation sites (tertiary alicyclic amines) is 1. The first-order valence-electron chi connectivity index (χ1n) is 6.99. The van der Waals surface area contributed by atoms with Crippen LogP contribution in [0.3, 0.4) is 0 Å². The summed E-state index contributed by atoms with van der Waals surface area (Å²) in [4.78, 5) is 14.3. The first-order chi connectivity index (χ1) is 9.61. The van der Waals surface area contributed by atoms with Crippen LogP contribution in [0.15, 0.2) is 28.7 Å². The number of hydrogen-bond donors (Lipinski definition) is 1. The Kier molecular flexibility index (Phi) is 5.43. The van der Waals surface area contributed by atoms with Crippen LogP contribution in [0.1, 0.15) is 19.8 Å². The summed E-state index contributed by atoms with van der Waals surface area (Å²) in [5.41, 5.74) is 0. The van der Waals surface area contributed by atoms with Crippen LogP contribution in [0.5, 0.6) is 5.75 Å². The summed E-state index contributed by atoms with van der Waals surface area (Å²) in [6, 6.07) is 7.98. The Morgan fingerprint density at radius 3 is 2.95 bits per heavy atom. The average molecular weight is 341 g/mol. The molecule has 2 rings (SSSR count). The fourth-order valence-corrected chi connectivity index (χ4v) is 2.83. The third-order valence-electron chi connectivity index (χ3n) is 3.63. The Balaban J connectivity index is 1.96. The largest absolute Gasteiger partial charge is 0.480 e. The molecule has 1 heterocycles. The normalized spacial score (nSPS) is 20.6. The van der Waals surface area contributed by atoms with Crippen molar-refractivity contribution in [1.82, 2.24) is 10.2 Å². The lowest BCUT2D eigenvalue weighted by atomic mass is 10.1. The number of carbonyl (C=O) groups excluding carboxylic acids is 1. The van der Waals surface area contributed by atoms with Crippen molar-refractivity contribution in [2.24, 2.45) is 0 Å². The molecule has 110 valence electrons. The van der Waals surface area contributed by atoms with E-state index in [1.165, 1.54) is 0 Å². The van der Waals surface area contributed by atoms with Gasteiger partial charge >= 0.3 is 0 Å². The number of likely N-dealkylation sites (N-methyl/N-ethyl adjacent to an activating group) is 1. The molecule has 1 fully saturated rings. The molecule has 20 heavy (non-hydrogen) atoms.